The molecular weight excluding hydrogens is 338 g/mol. The summed E-state index contributed by atoms with van der Waals surface area (Å²) < 4.78 is 0. The van der Waals surface area contributed by atoms with E-state index in [2.05, 4.69) is 13.8 Å². The van der Waals surface area contributed by atoms with Gasteiger partial charge >= 0.3 is 0 Å². The number of nitrogens with two attached hydrogens (primary N) is 1. The van der Waals surface area contributed by atoms with Gasteiger partial charge in [0.25, 0.3) is 5.91 Å². The van der Waals surface area contributed by atoms with Crippen molar-refractivity contribution in [1.82, 2.24) is 9.80 Å². The van der Waals surface area contributed by atoms with Crippen LogP contribution >= 0.6 is 12.4 Å². The van der Waals surface area contributed by atoms with Gasteiger partial charge in [0, 0.05) is 38.2 Å². The number of benzene rings is 1. The summed E-state index contributed by atoms with van der Waals surface area (Å²) in [4.78, 5) is 28.7. The zero-order valence-electron chi connectivity index (χ0n) is 15.4. The third kappa shape index (κ3) is 5.72. The lowest BCUT2D eigenvalue weighted by molar-refractivity contribution is -0.136. The van der Waals surface area contributed by atoms with Gasteiger partial charge in [0.15, 0.2) is 0 Å². The standard InChI is InChI=1S/C19H29N3O2.ClH/c1-19(2,13-20)14-21(3)17(23)16-9-11-22(12-10-16)18(24)15-7-5-4-6-8-15;/h4-8,16H,9-14,20H2,1-3H3;1H. The Morgan fingerprint density at radius 2 is 1.76 bits per heavy atom. The summed E-state index contributed by atoms with van der Waals surface area (Å²) in [6.07, 6.45) is 1.45. The van der Waals surface area contributed by atoms with Crippen LogP contribution in [0, 0.1) is 11.3 Å². The highest BCUT2D eigenvalue weighted by Crippen LogP contribution is 2.23. The van der Waals surface area contributed by atoms with Crippen LogP contribution in [0.15, 0.2) is 30.3 Å². The topological polar surface area (TPSA) is 66.6 Å². The second-order valence-electron chi connectivity index (χ2n) is 7.50. The molecule has 2 N–H and O–H groups in total. The van der Waals surface area contributed by atoms with E-state index in [1.54, 1.807) is 4.90 Å². The van der Waals surface area contributed by atoms with Crippen molar-refractivity contribution in [3.63, 3.8) is 0 Å². The average molecular weight is 368 g/mol. The lowest BCUT2D eigenvalue weighted by Crippen LogP contribution is -2.46. The number of halogens is 1. The fourth-order valence-electron chi connectivity index (χ4n) is 3.19. The SMILES string of the molecule is CN(CC(C)(C)CN)C(=O)C1CCN(C(=O)c2ccccc2)CC1.Cl. The molecule has 1 aliphatic rings. The van der Waals surface area contributed by atoms with Crippen molar-refractivity contribution in [3.8, 4) is 0 Å². The van der Waals surface area contributed by atoms with Crippen LogP contribution in [0.1, 0.15) is 37.0 Å². The summed E-state index contributed by atoms with van der Waals surface area (Å²) in [5, 5.41) is 0. The number of nitrogens with zero attached hydrogens (tertiary/aromatic N) is 2. The Bertz CT molecular complexity index is 569. The maximum absolute atomic E-state index is 12.6. The van der Waals surface area contributed by atoms with E-state index in [1.807, 2.05) is 42.3 Å². The highest BCUT2D eigenvalue weighted by molar-refractivity contribution is 5.94. The van der Waals surface area contributed by atoms with Gasteiger partial charge < -0.3 is 15.5 Å². The van der Waals surface area contributed by atoms with Gasteiger partial charge in [-0.25, -0.2) is 0 Å². The Morgan fingerprint density at radius 3 is 2.28 bits per heavy atom. The second kappa shape index (κ2) is 9.20. The minimum atomic E-state index is -0.0750. The van der Waals surface area contributed by atoms with Gasteiger partial charge in [0.1, 0.15) is 0 Å². The van der Waals surface area contributed by atoms with Crippen molar-refractivity contribution in [2.24, 2.45) is 17.1 Å². The minimum absolute atomic E-state index is 0. The summed E-state index contributed by atoms with van der Waals surface area (Å²) in [5.74, 6) is 0.228. The van der Waals surface area contributed by atoms with Gasteiger partial charge in [0.2, 0.25) is 5.91 Å². The smallest absolute Gasteiger partial charge is 0.253 e. The first-order valence-corrected chi connectivity index (χ1v) is 8.63. The molecule has 1 aromatic carbocycles. The van der Waals surface area contributed by atoms with Crippen LogP contribution in [0.25, 0.3) is 0 Å². The number of carbonyl (C=O) groups excluding carboxylic acids is 2. The van der Waals surface area contributed by atoms with Crippen LogP contribution in [-0.2, 0) is 4.79 Å². The zero-order valence-corrected chi connectivity index (χ0v) is 16.2. The average Bonchev–Trinajstić information content (AvgIpc) is 2.61. The van der Waals surface area contributed by atoms with Gasteiger partial charge in [0.05, 0.1) is 0 Å². The highest BCUT2D eigenvalue weighted by atomic mass is 35.5. The Hall–Kier alpha value is -1.59. The molecule has 1 aromatic rings. The first-order valence-electron chi connectivity index (χ1n) is 8.63. The summed E-state index contributed by atoms with van der Waals surface area (Å²) >= 11 is 0. The fourth-order valence-corrected chi connectivity index (χ4v) is 3.19. The Kier molecular flexibility index (Phi) is 7.90. The zero-order chi connectivity index (χ0) is 17.7. The predicted octanol–water partition coefficient (Wildman–Crippen LogP) is 2.40. The van der Waals surface area contributed by atoms with E-state index in [-0.39, 0.29) is 35.6 Å². The van der Waals surface area contributed by atoms with Gasteiger partial charge in [-0.3, -0.25) is 9.59 Å². The molecule has 0 saturated carbocycles. The lowest BCUT2D eigenvalue weighted by atomic mass is 9.91. The van der Waals surface area contributed by atoms with E-state index in [0.717, 1.165) is 12.8 Å². The van der Waals surface area contributed by atoms with E-state index in [0.29, 0.717) is 31.7 Å². The molecule has 1 aliphatic heterocycles. The molecule has 0 radical (unpaired) electrons. The summed E-state index contributed by atoms with van der Waals surface area (Å²) in [6, 6.07) is 9.32. The third-order valence-corrected chi connectivity index (χ3v) is 4.75. The van der Waals surface area contributed by atoms with Gasteiger partial charge in [-0.2, -0.15) is 0 Å². The second-order valence-corrected chi connectivity index (χ2v) is 7.50. The van der Waals surface area contributed by atoms with Crippen molar-refractivity contribution in [3.05, 3.63) is 35.9 Å². The predicted molar refractivity (Wildman–Crippen MR) is 103 cm³/mol. The van der Waals surface area contributed by atoms with Crippen LogP contribution < -0.4 is 5.73 Å². The molecular formula is C19H30ClN3O2. The lowest BCUT2D eigenvalue weighted by Gasteiger charge is -2.35. The van der Waals surface area contributed by atoms with Crippen LogP contribution in [0.2, 0.25) is 0 Å². The normalized spacial score (nSPS) is 15.4. The molecule has 1 saturated heterocycles. The van der Waals surface area contributed by atoms with Crippen molar-refractivity contribution in [2.75, 3.05) is 33.2 Å². The molecule has 0 aromatic heterocycles. The summed E-state index contributed by atoms with van der Waals surface area (Å²) in [5.41, 5.74) is 6.39. The largest absolute Gasteiger partial charge is 0.345 e. The quantitative estimate of drug-likeness (QED) is 0.868. The number of piperidine rings is 1. The molecule has 6 heteroatoms. The number of hydrogen-bond donors (Lipinski definition) is 1. The number of carbonyl (C=O) groups is 2. The maximum Gasteiger partial charge on any atom is 0.253 e. The monoisotopic (exact) mass is 367 g/mol. The highest BCUT2D eigenvalue weighted by Gasteiger charge is 2.31. The minimum Gasteiger partial charge on any atom is -0.345 e. The van der Waals surface area contributed by atoms with Crippen molar-refractivity contribution in [1.29, 1.82) is 0 Å². The molecule has 0 bridgehead atoms. The fraction of sp³-hybridized carbons (Fsp3) is 0.579. The molecule has 2 amide bonds. The van der Waals surface area contributed by atoms with Gasteiger partial charge in [-0.05, 0) is 36.9 Å². The van der Waals surface area contributed by atoms with E-state index in [9.17, 15) is 9.59 Å². The molecule has 5 nitrogen and oxygen atoms in total. The van der Waals surface area contributed by atoms with Gasteiger partial charge in [-0.15, -0.1) is 12.4 Å². The van der Waals surface area contributed by atoms with Crippen molar-refractivity contribution in [2.45, 2.75) is 26.7 Å². The number of rotatable bonds is 5. The molecule has 25 heavy (non-hydrogen) atoms. The van der Waals surface area contributed by atoms with Crippen molar-refractivity contribution < 1.29 is 9.59 Å². The van der Waals surface area contributed by atoms with E-state index in [1.165, 1.54) is 0 Å². The molecule has 0 spiro atoms. The molecule has 0 atom stereocenters. The molecule has 1 heterocycles. The van der Waals surface area contributed by atoms with Crippen LogP contribution in [0.5, 0.6) is 0 Å². The van der Waals surface area contributed by atoms with Crippen LogP contribution in [0.4, 0.5) is 0 Å². The first kappa shape index (κ1) is 21.5. The number of amides is 2. The third-order valence-electron chi connectivity index (χ3n) is 4.75. The molecule has 0 unspecified atom stereocenters. The Morgan fingerprint density at radius 1 is 1.20 bits per heavy atom. The van der Waals surface area contributed by atoms with Crippen molar-refractivity contribution >= 4 is 24.2 Å². The molecule has 2 rings (SSSR count). The number of hydrogen-bond acceptors (Lipinski definition) is 3. The van der Waals surface area contributed by atoms with Crippen LogP contribution in [0.3, 0.4) is 0 Å². The first-order chi connectivity index (χ1) is 11.3. The number of likely N-dealkylation sites (tertiary alicyclic amines) is 1. The van der Waals surface area contributed by atoms with Crippen LogP contribution in [-0.4, -0.2) is 54.8 Å². The molecule has 1 fully saturated rings. The molecule has 140 valence electrons. The molecule has 0 aliphatic carbocycles. The van der Waals surface area contributed by atoms with E-state index in [4.69, 9.17) is 5.73 Å². The summed E-state index contributed by atoms with van der Waals surface area (Å²) in [7, 11) is 1.85. The Labute approximate surface area is 157 Å². The van der Waals surface area contributed by atoms with E-state index >= 15 is 0 Å². The summed E-state index contributed by atoms with van der Waals surface area (Å²) in [6.45, 7) is 6.62. The Balaban J connectivity index is 0.00000312. The van der Waals surface area contributed by atoms with Gasteiger partial charge in [-0.1, -0.05) is 32.0 Å². The van der Waals surface area contributed by atoms with E-state index < -0.39 is 0 Å². The maximum atomic E-state index is 12.6.